The molecule has 1 heterocycles. The van der Waals surface area contributed by atoms with Gasteiger partial charge in [-0.3, -0.25) is 14.7 Å². The molecule has 1 aliphatic rings. The number of carbonyl (C=O) groups excluding carboxylic acids is 1. The van der Waals surface area contributed by atoms with Crippen LogP contribution >= 0.6 is 35.6 Å². The van der Waals surface area contributed by atoms with Gasteiger partial charge in [0, 0.05) is 49.9 Å². The topological polar surface area (TPSA) is 78.0 Å². The van der Waals surface area contributed by atoms with Crippen molar-refractivity contribution in [1.29, 1.82) is 0 Å². The number of hydrogen-bond donors (Lipinski definition) is 3. The van der Waals surface area contributed by atoms with Crippen molar-refractivity contribution >= 4 is 53.1 Å². The highest BCUT2D eigenvalue weighted by atomic mass is 127. The number of hydrogen-bond acceptors (Lipinski definition) is 4. The third kappa shape index (κ3) is 8.93. The Kier molecular flexibility index (Phi) is 12.4. The van der Waals surface area contributed by atoms with Crippen LogP contribution < -0.4 is 16.0 Å². The number of halogens is 2. The summed E-state index contributed by atoms with van der Waals surface area (Å²) in [6, 6.07) is 5.49. The zero-order valence-electron chi connectivity index (χ0n) is 16.6. The van der Waals surface area contributed by atoms with E-state index in [4.69, 9.17) is 16.3 Å². The van der Waals surface area contributed by atoms with Crippen molar-refractivity contribution in [1.82, 2.24) is 15.5 Å². The first-order valence-electron chi connectivity index (χ1n) is 9.47. The van der Waals surface area contributed by atoms with Crippen LogP contribution in [0.1, 0.15) is 18.9 Å². The van der Waals surface area contributed by atoms with Gasteiger partial charge in [0.25, 0.3) is 0 Å². The quantitative estimate of drug-likeness (QED) is 0.277. The maximum Gasteiger partial charge on any atom is 0.226 e. The summed E-state index contributed by atoms with van der Waals surface area (Å²) in [5, 5.41) is 9.96. The number of benzene rings is 1. The molecule has 0 unspecified atom stereocenters. The van der Waals surface area contributed by atoms with Crippen molar-refractivity contribution in [3.05, 3.63) is 28.8 Å². The van der Waals surface area contributed by atoms with E-state index < -0.39 is 0 Å². The Labute approximate surface area is 189 Å². The molecule has 1 aromatic carbocycles. The SMILES string of the molecule is CCNC(=NCCN1CCOCC1)NCCC(=O)Nc1cccc(Cl)c1C.I. The van der Waals surface area contributed by atoms with Gasteiger partial charge in [-0.2, -0.15) is 0 Å². The van der Waals surface area contributed by atoms with E-state index in [0.29, 0.717) is 24.5 Å². The Morgan fingerprint density at radius 2 is 2.04 bits per heavy atom. The van der Waals surface area contributed by atoms with Gasteiger partial charge in [0.05, 0.1) is 19.8 Å². The summed E-state index contributed by atoms with van der Waals surface area (Å²) >= 11 is 6.08. The number of amides is 1. The Morgan fingerprint density at radius 1 is 1.29 bits per heavy atom. The van der Waals surface area contributed by atoms with Gasteiger partial charge >= 0.3 is 0 Å². The van der Waals surface area contributed by atoms with Gasteiger partial charge in [-0.15, -0.1) is 24.0 Å². The molecule has 1 amide bonds. The molecular weight excluding hydrogens is 493 g/mol. The second-order valence-corrected chi connectivity index (χ2v) is 6.76. The molecule has 0 aliphatic carbocycles. The summed E-state index contributed by atoms with van der Waals surface area (Å²) in [7, 11) is 0. The van der Waals surface area contributed by atoms with Gasteiger partial charge < -0.3 is 20.7 Å². The number of aliphatic imine (C=N–C) groups is 1. The van der Waals surface area contributed by atoms with Crippen LogP contribution in [0.5, 0.6) is 0 Å². The van der Waals surface area contributed by atoms with Crippen molar-refractivity contribution in [3.63, 3.8) is 0 Å². The number of rotatable bonds is 8. The number of carbonyl (C=O) groups is 1. The Morgan fingerprint density at radius 3 is 2.75 bits per heavy atom. The molecule has 0 bridgehead atoms. The summed E-state index contributed by atoms with van der Waals surface area (Å²) < 4.78 is 5.35. The fourth-order valence-electron chi connectivity index (χ4n) is 2.72. The summed E-state index contributed by atoms with van der Waals surface area (Å²) in [5.74, 6) is 0.675. The van der Waals surface area contributed by atoms with Crippen LogP contribution in [0.15, 0.2) is 23.2 Å². The molecule has 2 rings (SSSR count). The molecule has 1 aromatic rings. The van der Waals surface area contributed by atoms with Gasteiger partial charge in [-0.25, -0.2) is 0 Å². The Bertz CT molecular complexity index is 639. The Balaban J connectivity index is 0.00000392. The fraction of sp³-hybridized carbons (Fsp3) is 0.579. The molecule has 7 nitrogen and oxygen atoms in total. The maximum atomic E-state index is 12.2. The van der Waals surface area contributed by atoms with Gasteiger partial charge in [0.1, 0.15) is 0 Å². The van der Waals surface area contributed by atoms with E-state index in [9.17, 15) is 4.79 Å². The Hall–Kier alpha value is -1.10. The zero-order chi connectivity index (χ0) is 19.5. The number of morpholine rings is 1. The van der Waals surface area contributed by atoms with E-state index in [1.54, 1.807) is 0 Å². The monoisotopic (exact) mass is 523 g/mol. The third-order valence-corrected chi connectivity index (χ3v) is 4.73. The molecule has 1 saturated heterocycles. The van der Waals surface area contributed by atoms with Crippen LogP contribution in [0.3, 0.4) is 0 Å². The van der Waals surface area contributed by atoms with Crippen molar-refractivity contribution in [3.8, 4) is 0 Å². The molecular formula is C19H31ClIN5O2. The average Bonchev–Trinajstić information content (AvgIpc) is 2.66. The zero-order valence-corrected chi connectivity index (χ0v) is 19.7. The molecule has 0 aromatic heterocycles. The molecule has 0 atom stereocenters. The van der Waals surface area contributed by atoms with Crippen molar-refractivity contribution in [2.45, 2.75) is 20.3 Å². The van der Waals surface area contributed by atoms with E-state index >= 15 is 0 Å². The fourth-order valence-corrected chi connectivity index (χ4v) is 2.89. The normalized spacial score (nSPS) is 14.9. The van der Waals surface area contributed by atoms with Crippen LogP contribution in [0, 0.1) is 6.92 Å². The third-order valence-electron chi connectivity index (χ3n) is 4.32. The lowest BCUT2D eigenvalue weighted by atomic mass is 10.2. The van der Waals surface area contributed by atoms with Gasteiger partial charge in [-0.1, -0.05) is 17.7 Å². The largest absolute Gasteiger partial charge is 0.379 e. The predicted molar refractivity (Wildman–Crippen MR) is 126 cm³/mol. The van der Waals surface area contributed by atoms with Crippen LogP contribution in [-0.4, -0.2) is 69.2 Å². The lowest BCUT2D eigenvalue weighted by Gasteiger charge is -2.25. The van der Waals surface area contributed by atoms with E-state index in [1.807, 2.05) is 32.0 Å². The van der Waals surface area contributed by atoms with Crippen molar-refractivity contribution < 1.29 is 9.53 Å². The van der Waals surface area contributed by atoms with E-state index in [0.717, 1.165) is 56.6 Å². The molecule has 0 radical (unpaired) electrons. The number of ether oxygens (including phenoxy) is 1. The average molecular weight is 524 g/mol. The standard InChI is InChI=1S/C19H30ClN5O2.HI/c1-3-21-19(23-9-10-25-11-13-27-14-12-25)22-8-7-18(26)24-17-6-4-5-16(20)15(17)2;/h4-6H,3,7-14H2,1-2H3,(H,24,26)(H2,21,22,23);1H. The summed E-state index contributed by atoms with van der Waals surface area (Å²) in [6.07, 6.45) is 0.347. The maximum absolute atomic E-state index is 12.2. The minimum atomic E-state index is -0.0583. The number of guanidine groups is 1. The smallest absolute Gasteiger partial charge is 0.226 e. The van der Waals surface area contributed by atoms with Gasteiger partial charge in [0.2, 0.25) is 5.91 Å². The first-order chi connectivity index (χ1) is 13.1. The number of nitrogens with zero attached hydrogens (tertiary/aromatic N) is 2. The molecule has 158 valence electrons. The minimum Gasteiger partial charge on any atom is -0.379 e. The highest BCUT2D eigenvalue weighted by Gasteiger charge is 2.10. The van der Waals surface area contributed by atoms with Crippen molar-refractivity contribution in [2.75, 3.05) is 57.8 Å². The highest BCUT2D eigenvalue weighted by Crippen LogP contribution is 2.22. The van der Waals surface area contributed by atoms with Gasteiger partial charge in [-0.05, 0) is 31.5 Å². The number of nitrogens with one attached hydrogen (secondary N) is 3. The van der Waals surface area contributed by atoms with E-state index in [-0.39, 0.29) is 29.9 Å². The van der Waals surface area contributed by atoms with Crippen LogP contribution in [-0.2, 0) is 9.53 Å². The van der Waals surface area contributed by atoms with Crippen LogP contribution in [0.2, 0.25) is 5.02 Å². The molecule has 1 aliphatic heterocycles. The van der Waals surface area contributed by atoms with Crippen molar-refractivity contribution in [2.24, 2.45) is 4.99 Å². The molecule has 0 saturated carbocycles. The van der Waals surface area contributed by atoms with E-state index in [2.05, 4.69) is 25.8 Å². The second kappa shape index (κ2) is 14.0. The second-order valence-electron chi connectivity index (χ2n) is 6.35. The molecule has 9 heteroatoms. The van der Waals surface area contributed by atoms with Gasteiger partial charge in [0.15, 0.2) is 5.96 Å². The lowest BCUT2D eigenvalue weighted by Crippen LogP contribution is -2.40. The lowest BCUT2D eigenvalue weighted by molar-refractivity contribution is -0.116. The molecule has 28 heavy (non-hydrogen) atoms. The first kappa shape index (κ1) is 24.9. The highest BCUT2D eigenvalue weighted by molar-refractivity contribution is 14.0. The molecule has 0 spiro atoms. The predicted octanol–water partition coefficient (Wildman–Crippen LogP) is 2.48. The first-order valence-corrected chi connectivity index (χ1v) is 9.85. The van der Waals surface area contributed by atoms with Crippen LogP contribution in [0.4, 0.5) is 5.69 Å². The van der Waals surface area contributed by atoms with Crippen LogP contribution in [0.25, 0.3) is 0 Å². The summed E-state index contributed by atoms with van der Waals surface area (Å²) in [4.78, 5) is 19.1. The molecule has 3 N–H and O–H groups in total. The molecule has 1 fully saturated rings. The summed E-state index contributed by atoms with van der Waals surface area (Å²) in [5.41, 5.74) is 1.62. The van der Waals surface area contributed by atoms with E-state index in [1.165, 1.54) is 0 Å². The summed E-state index contributed by atoms with van der Waals surface area (Å²) in [6.45, 7) is 10.3. The number of anilines is 1. The minimum absolute atomic E-state index is 0.